The number of aryl methyl sites for hydroxylation is 2. The molecule has 1 aliphatic carbocycles. The van der Waals surface area contributed by atoms with E-state index >= 15 is 0 Å². The summed E-state index contributed by atoms with van der Waals surface area (Å²) >= 11 is 0. The lowest BCUT2D eigenvalue weighted by Gasteiger charge is -2.31. The van der Waals surface area contributed by atoms with Crippen LogP contribution in [0.25, 0.3) is 10.8 Å². The Morgan fingerprint density at radius 2 is 1.56 bits per heavy atom. The molecule has 5 rings (SSSR count). The molecule has 0 N–H and O–H groups in total. The van der Waals surface area contributed by atoms with Crippen molar-refractivity contribution in [2.45, 2.75) is 69.3 Å². The molecule has 3 nitrogen and oxygen atoms in total. The Kier molecular flexibility index (Phi) is 6.87. The van der Waals surface area contributed by atoms with Crippen LogP contribution in [0.2, 0.25) is 0 Å². The largest absolute Gasteiger partial charge is 0.481 e. The van der Waals surface area contributed by atoms with Crippen LogP contribution in [0.4, 0.5) is 0 Å². The standard InChI is InChI=1S/C30H35O3S/c1-22-19-25(34-17-8-3-9-18-34)20-23(2)29(22)32-21-28(31)33-30(15-6-7-16-30)27-14-10-12-24-11-4-5-13-26(24)27/h4-5,10-14,19-20H,3,6-9,15-18,21H2,1-2H3/q+1. The van der Waals surface area contributed by atoms with Crippen molar-refractivity contribution in [3.05, 3.63) is 71.3 Å². The molecule has 1 saturated carbocycles. The number of carbonyl (C=O) groups excluding carboxylic acids is 1. The normalized spacial score (nSPS) is 18.2. The number of benzene rings is 3. The lowest BCUT2D eigenvalue weighted by atomic mass is 9.87. The zero-order valence-electron chi connectivity index (χ0n) is 20.4. The Labute approximate surface area is 206 Å². The van der Waals surface area contributed by atoms with Gasteiger partial charge in [0.05, 0.1) is 0 Å². The molecule has 2 aliphatic rings. The van der Waals surface area contributed by atoms with Crippen molar-refractivity contribution in [1.82, 2.24) is 0 Å². The van der Waals surface area contributed by atoms with Gasteiger partial charge < -0.3 is 9.47 Å². The van der Waals surface area contributed by atoms with E-state index < -0.39 is 5.60 Å². The Balaban J connectivity index is 1.31. The van der Waals surface area contributed by atoms with Crippen LogP contribution in [0, 0.1) is 13.8 Å². The van der Waals surface area contributed by atoms with Gasteiger partial charge >= 0.3 is 5.97 Å². The molecule has 1 heterocycles. The van der Waals surface area contributed by atoms with E-state index in [0.717, 1.165) is 48.1 Å². The summed E-state index contributed by atoms with van der Waals surface area (Å²) in [5.41, 5.74) is 2.80. The quantitative estimate of drug-likeness (QED) is 0.284. The summed E-state index contributed by atoms with van der Waals surface area (Å²) in [5.74, 6) is 3.15. The average molecular weight is 476 g/mol. The van der Waals surface area contributed by atoms with Crippen LogP contribution >= 0.6 is 0 Å². The molecule has 0 spiro atoms. The predicted molar refractivity (Wildman–Crippen MR) is 141 cm³/mol. The molecule has 1 aliphatic heterocycles. The first kappa shape index (κ1) is 23.3. The van der Waals surface area contributed by atoms with E-state index in [2.05, 4.69) is 68.4 Å². The average Bonchev–Trinajstić information content (AvgIpc) is 3.33. The number of hydrogen-bond donors (Lipinski definition) is 0. The Bertz CT molecular complexity index is 1140. The van der Waals surface area contributed by atoms with Gasteiger partial charge in [-0.3, -0.25) is 0 Å². The third-order valence-corrected chi connectivity index (χ3v) is 9.85. The van der Waals surface area contributed by atoms with Gasteiger partial charge in [-0.15, -0.1) is 0 Å². The van der Waals surface area contributed by atoms with Crippen molar-refractivity contribution < 1.29 is 14.3 Å². The second kappa shape index (κ2) is 10.0. The molecule has 4 heteroatoms. The van der Waals surface area contributed by atoms with Crippen molar-refractivity contribution in [3.8, 4) is 5.75 Å². The highest BCUT2D eigenvalue weighted by atomic mass is 32.2. The molecular weight excluding hydrogens is 440 g/mol. The van der Waals surface area contributed by atoms with Gasteiger partial charge in [0.25, 0.3) is 0 Å². The first-order valence-corrected chi connectivity index (χ1v) is 14.2. The Hall–Kier alpha value is -2.46. The highest BCUT2D eigenvalue weighted by Crippen LogP contribution is 2.45. The molecule has 3 aromatic carbocycles. The summed E-state index contributed by atoms with van der Waals surface area (Å²) in [6, 6.07) is 19.2. The molecule has 3 aromatic rings. The molecule has 0 radical (unpaired) electrons. The minimum absolute atomic E-state index is 0.0563. The van der Waals surface area contributed by atoms with Crippen LogP contribution in [-0.2, 0) is 26.0 Å². The van der Waals surface area contributed by atoms with E-state index in [4.69, 9.17) is 9.47 Å². The smallest absolute Gasteiger partial charge is 0.345 e. The maximum absolute atomic E-state index is 13.1. The fourth-order valence-electron chi connectivity index (χ4n) is 5.75. The summed E-state index contributed by atoms with van der Waals surface area (Å²) in [6.45, 7) is 4.14. The number of rotatable bonds is 6. The number of esters is 1. The molecule has 0 unspecified atom stereocenters. The zero-order chi connectivity index (χ0) is 23.5. The minimum Gasteiger partial charge on any atom is -0.481 e. The van der Waals surface area contributed by atoms with Gasteiger partial charge in [-0.25, -0.2) is 4.79 Å². The van der Waals surface area contributed by atoms with Crippen molar-refractivity contribution in [2.24, 2.45) is 0 Å². The van der Waals surface area contributed by atoms with E-state index in [1.54, 1.807) is 0 Å². The van der Waals surface area contributed by atoms with Crippen LogP contribution in [0.1, 0.15) is 61.6 Å². The topological polar surface area (TPSA) is 35.5 Å². The summed E-state index contributed by atoms with van der Waals surface area (Å²) < 4.78 is 12.3. The van der Waals surface area contributed by atoms with Gasteiger partial charge in [-0.1, -0.05) is 42.5 Å². The van der Waals surface area contributed by atoms with Gasteiger partial charge in [0, 0.05) is 16.5 Å². The number of fused-ring (bicyclic) bond motifs is 1. The van der Waals surface area contributed by atoms with Crippen LogP contribution in [-0.4, -0.2) is 24.1 Å². The van der Waals surface area contributed by atoms with E-state index in [1.165, 1.54) is 46.4 Å². The SMILES string of the molecule is Cc1cc([S+]2CCCCC2)cc(C)c1OCC(=O)OC1(c2cccc3ccccc23)CCCC1. The summed E-state index contributed by atoms with van der Waals surface area (Å²) in [4.78, 5) is 14.5. The maximum Gasteiger partial charge on any atom is 0.345 e. The number of hydrogen-bond acceptors (Lipinski definition) is 3. The molecule has 0 atom stereocenters. The van der Waals surface area contributed by atoms with Crippen molar-refractivity contribution in [1.29, 1.82) is 0 Å². The fraction of sp³-hybridized carbons (Fsp3) is 0.433. The molecular formula is C30H35O3S+. The molecule has 0 bridgehead atoms. The summed E-state index contributed by atoms with van der Waals surface area (Å²) in [7, 11) is 0.361. The highest BCUT2D eigenvalue weighted by molar-refractivity contribution is 7.96. The third kappa shape index (κ3) is 4.70. The van der Waals surface area contributed by atoms with Crippen LogP contribution < -0.4 is 4.74 Å². The van der Waals surface area contributed by atoms with E-state index in [1.807, 2.05) is 0 Å². The summed E-state index contributed by atoms with van der Waals surface area (Å²) in [6.07, 6.45) is 7.90. The van der Waals surface area contributed by atoms with Gasteiger partial charge in [-0.05, 0) is 92.8 Å². The molecule has 178 valence electrons. The van der Waals surface area contributed by atoms with Crippen LogP contribution in [0.5, 0.6) is 5.75 Å². The second-order valence-electron chi connectivity index (χ2n) is 9.84. The number of carbonyl (C=O) groups is 1. The second-order valence-corrected chi connectivity index (χ2v) is 12.1. The van der Waals surface area contributed by atoms with Crippen molar-refractivity contribution in [3.63, 3.8) is 0 Å². The fourth-order valence-corrected chi connectivity index (χ4v) is 8.21. The third-order valence-electron chi connectivity index (χ3n) is 7.38. The van der Waals surface area contributed by atoms with Gasteiger partial charge in [-0.2, -0.15) is 0 Å². The monoisotopic (exact) mass is 475 g/mol. The van der Waals surface area contributed by atoms with Crippen LogP contribution in [0.3, 0.4) is 0 Å². The lowest BCUT2D eigenvalue weighted by Crippen LogP contribution is -2.32. The molecule has 34 heavy (non-hydrogen) atoms. The minimum atomic E-state index is -0.558. The highest BCUT2D eigenvalue weighted by Gasteiger charge is 2.40. The molecule has 1 saturated heterocycles. The van der Waals surface area contributed by atoms with Crippen molar-refractivity contribution >= 4 is 27.6 Å². The van der Waals surface area contributed by atoms with Crippen molar-refractivity contribution in [2.75, 3.05) is 18.1 Å². The predicted octanol–water partition coefficient (Wildman–Crippen LogP) is 7.01. The summed E-state index contributed by atoms with van der Waals surface area (Å²) in [5, 5.41) is 2.36. The first-order valence-electron chi connectivity index (χ1n) is 12.7. The maximum atomic E-state index is 13.1. The van der Waals surface area contributed by atoms with E-state index in [-0.39, 0.29) is 12.6 Å². The Morgan fingerprint density at radius 1 is 0.882 bits per heavy atom. The number of ether oxygens (including phenoxy) is 2. The first-order chi connectivity index (χ1) is 16.6. The van der Waals surface area contributed by atoms with Gasteiger partial charge in [0.2, 0.25) is 0 Å². The van der Waals surface area contributed by atoms with E-state index in [9.17, 15) is 4.79 Å². The van der Waals surface area contributed by atoms with Crippen LogP contribution in [0.15, 0.2) is 59.5 Å². The molecule has 2 fully saturated rings. The zero-order valence-corrected chi connectivity index (χ0v) is 21.2. The van der Waals surface area contributed by atoms with E-state index in [0.29, 0.717) is 10.9 Å². The molecule has 0 aromatic heterocycles. The molecule has 0 amide bonds. The van der Waals surface area contributed by atoms with Gasteiger partial charge in [0.15, 0.2) is 11.5 Å². The lowest BCUT2D eigenvalue weighted by molar-refractivity contribution is -0.163. The van der Waals surface area contributed by atoms with Gasteiger partial charge in [0.1, 0.15) is 22.9 Å². The Morgan fingerprint density at radius 3 is 2.29 bits per heavy atom.